The Morgan fingerprint density at radius 3 is 2.50 bits per heavy atom. The number of carbonyl (C=O) groups is 2. The molecule has 2 amide bonds. The minimum Gasteiger partial charge on any atom is -0.468 e. The Morgan fingerprint density at radius 1 is 1.06 bits per heavy atom. The zero-order chi connectivity index (χ0) is 25.5. The van der Waals surface area contributed by atoms with Crippen LogP contribution in [-0.4, -0.2) is 17.6 Å². The number of para-hydroxylation sites is 2. The van der Waals surface area contributed by atoms with Crippen LogP contribution in [0.25, 0.3) is 0 Å². The van der Waals surface area contributed by atoms with Gasteiger partial charge in [-0.1, -0.05) is 55.1 Å². The zero-order valence-electron chi connectivity index (χ0n) is 20.0. The van der Waals surface area contributed by atoms with Crippen LogP contribution >= 0.6 is 11.8 Å². The lowest BCUT2D eigenvalue weighted by atomic mass is 9.85. The predicted octanol–water partition coefficient (Wildman–Crippen LogP) is 5.55. The number of carbonyl (C=O) groups excluding carboxylic acids is 2. The van der Waals surface area contributed by atoms with Crippen molar-refractivity contribution in [1.82, 2.24) is 5.32 Å². The van der Waals surface area contributed by atoms with Gasteiger partial charge in [-0.05, 0) is 49.2 Å². The highest BCUT2D eigenvalue weighted by atomic mass is 32.2. The Bertz CT molecular complexity index is 1350. The molecule has 0 bridgehead atoms. The SMILES string of the molecule is CCc1ccccc1NC(=O)CSC1=C(C#N)[C@@H](c2ccco2)C(C(=O)Nc2ccccc2)=C(C)N1. The highest BCUT2D eigenvalue weighted by Gasteiger charge is 2.36. The van der Waals surface area contributed by atoms with Gasteiger partial charge in [-0.3, -0.25) is 9.59 Å². The van der Waals surface area contributed by atoms with Crippen LogP contribution < -0.4 is 16.0 Å². The number of aryl methyl sites for hydroxylation is 1. The number of allylic oxidation sites excluding steroid dienone is 2. The minimum atomic E-state index is -0.707. The van der Waals surface area contributed by atoms with Gasteiger partial charge >= 0.3 is 0 Å². The van der Waals surface area contributed by atoms with E-state index in [1.807, 2.05) is 49.4 Å². The van der Waals surface area contributed by atoms with Gasteiger partial charge in [-0.2, -0.15) is 5.26 Å². The first-order valence-corrected chi connectivity index (χ1v) is 12.5. The molecule has 0 aliphatic carbocycles. The molecule has 2 aromatic carbocycles. The van der Waals surface area contributed by atoms with Gasteiger partial charge in [0.2, 0.25) is 5.91 Å². The van der Waals surface area contributed by atoms with E-state index in [0.717, 1.165) is 17.7 Å². The molecule has 4 rings (SSSR count). The van der Waals surface area contributed by atoms with Gasteiger partial charge in [0.25, 0.3) is 5.91 Å². The summed E-state index contributed by atoms with van der Waals surface area (Å²) in [7, 11) is 0. The van der Waals surface area contributed by atoms with Crippen molar-refractivity contribution in [3.8, 4) is 6.07 Å². The molecule has 1 aliphatic rings. The number of hydrogen-bond donors (Lipinski definition) is 3. The van der Waals surface area contributed by atoms with E-state index < -0.39 is 5.92 Å². The monoisotopic (exact) mass is 498 g/mol. The second-order valence-corrected chi connectivity index (χ2v) is 9.12. The number of rotatable bonds is 8. The number of nitrogens with one attached hydrogen (secondary N) is 3. The normalized spacial score (nSPS) is 15.2. The van der Waals surface area contributed by atoms with E-state index in [9.17, 15) is 14.9 Å². The van der Waals surface area contributed by atoms with Gasteiger partial charge in [-0.15, -0.1) is 0 Å². The van der Waals surface area contributed by atoms with Crippen LogP contribution in [0.15, 0.2) is 99.3 Å². The number of furan rings is 1. The van der Waals surface area contributed by atoms with E-state index in [1.165, 1.54) is 18.0 Å². The number of amides is 2. The third-order valence-corrected chi connectivity index (χ3v) is 6.79. The molecule has 0 unspecified atom stereocenters. The average Bonchev–Trinajstić information content (AvgIpc) is 3.42. The zero-order valence-corrected chi connectivity index (χ0v) is 20.8. The molecule has 1 atom stereocenters. The van der Waals surface area contributed by atoms with Crippen LogP contribution in [0.4, 0.5) is 11.4 Å². The predicted molar refractivity (Wildman–Crippen MR) is 142 cm³/mol. The van der Waals surface area contributed by atoms with Crippen molar-refractivity contribution in [3.63, 3.8) is 0 Å². The summed E-state index contributed by atoms with van der Waals surface area (Å²) >= 11 is 1.22. The molecular formula is C28H26N4O3S. The molecule has 0 radical (unpaired) electrons. The fourth-order valence-corrected chi connectivity index (χ4v) is 4.95. The largest absolute Gasteiger partial charge is 0.468 e. The molecule has 1 aromatic heterocycles. The van der Waals surface area contributed by atoms with Crippen molar-refractivity contribution >= 4 is 35.0 Å². The second-order valence-electron chi connectivity index (χ2n) is 8.13. The fraction of sp³-hybridized carbons (Fsp3) is 0.179. The van der Waals surface area contributed by atoms with Gasteiger partial charge in [-0.25, -0.2) is 0 Å². The van der Waals surface area contributed by atoms with Gasteiger partial charge in [0.15, 0.2) is 0 Å². The van der Waals surface area contributed by atoms with E-state index in [-0.39, 0.29) is 17.6 Å². The Morgan fingerprint density at radius 2 is 1.81 bits per heavy atom. The van der Waals surface area contributed by atoms with Crippen molar-refractivity contribution in [3.05, 3.63) is 106 Å². The molecule has 0 saturated heterocycles. The molecule has 0 saturated carbocycles. The molecule has 1 aliphatic heterocycles. The molecule has 8 heteroatoms. The van der Waals surface area contributed by atoms with Crippen LogP contribution in [0.1, 0.15) is 31.1 Å². The fourth-order valence-electron chi connectivity index (χ4n) is 4.06. The summed E-state index contributed by atoms with van der Waals surface area (Å²) in [4.78, 5) is 26.1. The minimum absolute atomic E-state index is 0.0925. The Kier molecular flexibility index (Phi) is 7.93. The smallest absolute Gasteiger partial charge is 0.254 e. The van der Waals surface area contributed by atoms with Gasteiger partial charge < -0.3 is 20.4 Å². The molecule has 3 N–H and O–H groups in total. The number of anilines is 2. The highest BCUT2D eigenvalue weighted by Crippen LogP contribution is 2.41. The number of nitriles is 1. The summed E-state index contributed by atoms with van der Waals surface area (Å²) in [5.41, 5.74) is 3.77. The Hall–Kier alpha value is -4.22. The first-order chi connectivity index (χ1) is 17.5. The van der Waals surface area contributed by atoms with Crippen LogP contribution in [0, 0.1) is 11.3 Å². The first-order valence-electron chi connectivity index (χ1n) is 11.5. The van der Waals surface area contributed by atoms with Gasteiger partial charge in [0.1, 0.15) is 5.76 Å². The number of benzene rings is 2. The molecule has 2 heterocycles. The molecule has 0 fully saturated rings. The number of hydrogen-bond acceptors (Lipinski definition) is 6. The summed E-state index contributed by atoms with van der Waals surface area (Å²) in [5, 5.41) is 19.7. The van der Waals surface area contributed by atoms with Crippen LogP contribution in [0.2, 0.25) is 0 Å². The van der Waals surface area contributed by atoms with E-state index in [1.54, 1.807) is 31.2 Å². The van der Waals surface area contributed by atoms with E-state index >= 15 is 0 Å². The molecule has 36 heavy (non-hydrogen) atoms. The van der Waals surface area contributed by atoms with E-state index in [2.05, 4.69) is 22.0 Å². The Balaban J connectivity index is 1.58. The third kappa shape index (κ3) is 5.53. The second kappa shape index (κ2) is 11.5. The average molecular weight is 499 g/mol. The molecular weight excluding hydrogens is 472 g/mol. The third-order valence-electron chi connectivity index (χ3n) is 5.77. The summed E-state index contributed by atoms with van der Waals surface area (Å²) in [6, 6.07) is 22.5. The summed E-state index contributed by atoms with van der Waals surface area (Å²) < 4.78 is 5.65. The summed E-state index contributed by atoms with van der Waals surface area (Å²) in [5.74, 6) is -0.657. The standard InChI is InChI=1S/C28H26N4O3S/c1-3-19-10-7-8-13-22(19)32-24(33)17-36-28-21(16-29)26(23-14-9-15-35-23)25(18(2)30-28)27(34)31-20-11-5-4-6-12-20/h4-15,26,30H,3,17H2,1-2H3,(H,31,34)(H,32,33)/t26-/m0/s1. The lowest BCUT2D eigenvalue weighted by Crippen LogP contribution is -2.31. The molecule has 3 aromatic rings. The topological polar surface area (TPSA) is 107 Å². The van der Waals surface area contributed by atoms with Gasteiger partial charge in [0.05, 0.1) is 40.2 Å². The molecule has 7 nitrogen and oxygen atoms in total. The van der Waals surface area contributed by atoms with E-state index in [0.29, 0.717) is 33.3 Å². The lowest BCUT2D eigenvalue weighted by Gasteiger charge is -2.28. The lowest BCUT2D eigenvalue weighted by molar-refractivity contribution is -0.114. The number of nitrogens with zero attached hydrogens (tertiary/aromatic N) is 1. The highest BCUT2D eigenvalue weighted by molar-refractivity contribution is 8.03. The van der Waals surface area contributed by atoms with Crippen LogP contribution in [-0.2, 0) is 16.0 Å². The van der Waals surface area contributed by atoms with Crippen molar-refractivity contribution < 1.29 is 14.0 Å². The van der Waals surface area contributed by atoms with E-state index in [4.69, 9.17) is 4.42 Å². The quantitative estimate of drug-likeness (QED) is 0.376. The van der Waals surface area contributed by atoms with Crippen molar-refractivity contribution in [2.75, 3.05) is 16.4 Å². The van der Waals surface area contributed by atoms with Crippen molar-refractivity contribution in [2.45, 2.75) is 26.2 Å². The molecule has 182 valence electrons. The first kappa shape index (κ1) is 24.9. The summed E-state index contributed by atoms with van der Waals surface area (Å²) in [6.07, 6.45) is 2.32. The van der Waals surface area contributed by atoms with Crippen molar-refractivity contribution in [1.29, 1.82) is 5.26 Å². The number of thioether (sulfide) groups is 1. The van der Waals surface area contributed by atoms with Crippen LogP contribution in [0.5, 0.6) is 0 Å². The maximum atomic E-state index is 13.3. The van der Waals surface area contributed by atoms with Crippen LogP contribution in [0.3, 0.4) is 0 Å². The van der Waals surface area contributed by atoms with Gasteiger partial charge in [0, 0.05) is 17.1 Å². The maximum Gasteiger partial charge on any atom is 0.254 e. The number of dihydropyridines is 1. The maximum absolute atomic E-state index is 13.3. The Labute approximate surface area is 214 Å². The van der Waals surface area contributed by atoms with Crippen molar-refractivity contribution in [2.24, 2.45) is 0 Å². The molecule has 0 spiro atoms. The summed E-state index contributed by atoms with van der Waals surface area (Å²) in [6.45, 7) is 3.81.